The van der Waals surface area contributed by atoms with E-state index in [-0.39, 0.29) is 17.7 Å². The van der Waals surface area contributed by atoms with Crippen LogP contribution in [0.5, 0.6) is 0 Å². The molecule has 0 aliphatic heterocycles. The van der Waals surface area contributed by atoms with Crippen LogP contribution in [0.3, 0.4) is 0 Å². The molecule has 86 valence electrons. The molecule has 4 nitrogen and oxygen atoms in total. The van der Waals surface area contributed by atoms with E-state index in [0.717, 1.165) is 19.4 Å². The van der Waals surface area contributed by atoms with E-state index >= 15 is 0 Å². The number of rotatable bonds is 4. The molecular weight excluding hydrogens is 202 g/mol. The summed E-state index contributed by atoms with van der Waals surface area (Å²) in [5.74, 6) is 0.0671. The Morgan fingerprint density at radius 1 is 1.62 bits per heavy atom. The summed E-state index contributed by atoms with van der Waals surface area (Å²) in [7, 11) is 0. The van der Waals surface area contributed by atoms with Gasteiger partial charge in [0.2, 0.25) is 0 Å². The first kappa shape index (κ1) is 11.1. The first-order valence-corrected chi connectivity index (χ1v) is 5.72. The average molecular weight is 219 g/mol. The number of carbonyl (C=O) groups excluding carboxylic acids is 1. The lowest BCUT2D eigenvalue weighted by Gasteiger charge is -2.10. The van der Waals surface area contributed by atoms with Gasteiger partial charge in [0.25, 0.3) is 0 Å². The Morgan fingerprint density at radius 3 is 3.06 bits per heavy atom. The van der Waals surface area contributed by atoms with Crippen molar-refractivity contribution in [3.8, 4) is 0 Å². The van der Waals surface area contributed by atoms with Gasteiger partial charge in [0.15, 0.2) is 5.78 Å². The lowest BCUT2D eigenvalue weighted by Crippen LogP contribution is -2.21. The molecule has 4 heteroatoms. The van der Waals surface area contributed by atoms with Crippen LogP contribution < -0.4 is 5.73 Å². The number of carbonyl (C=O) groups is 1. The van der Waals surface area contributed by atoms with Crippen LogP contribution in [0.15, 0.2) is 24.4 Å². The van der Waals surface area contributed by atoms with E-state index in [1.54, 1.807) is 16.9 Å². The summed E-state index contributed by atoms with van der Waals surface area (Å²) in [6.45, 7) is 2.86. The van der Waals surface area contributed by atoms with Crippen molar-refractivity contribution in [3.05, 3.63) is 30.1 Å². The fourth-order valence-electron chi connectivity index (χ4n) is 2.04. The molecule has 0 saturated carbocycles. The third-order valence-electron chi connectivity index (χ3n) is 2.86. The van der Waals surface area contributed by atoms with Gasteiger partial charge in [-0.25, -0.2) is 0 Å². The molecule has 0 radical (unpaired) electrons. The Morgan fingerprint density at radius 2 is 2.44 bits per heavy atom. The van der Waals surface area contributed by atoms with Gasteiger partial charge >= 0.3 is 0 Å². The molecule has 0 aromatic carbocycles. The highest BCUT2D eigenvalue weighted by Crippen LogP contribution is 2.21. The number of nitrogens with zero attached hydrogens (tertiary/aromatic N) is 2. The maximum Gasteiger partial charge on any atom is 0.187 e. The normalized spacial score (nSPS) is 23.9. The lowest BCUT2D eigenvalue weighted by atomic mass is 10.0. The summed E-state index contributed by atoms with van der Waals surface area (Å²) in [5.41, 5.74) is 6.45. The van der Waals surface area contributed by atoms with E-state index in [9.17, 15) is 4.79 Å². The van der Waals surface area contributed by atoms with Gasteiger partial charge in [-0.15, -0.1) is 0 Å². The highest BCUT2D eigenvalue weighted by molar-refractivity contribution is 5.97. The van der Waals surface area contributed by atoms with E-state index < -0.39 is 0 Å². The largest absolute Gasteiger partial charge is 0.324 e. The Kier molecular flexibility index (Phi) is 3.19. The Hall–Kier alpha value is -1.42. The molecule has 2 rings (SSSR count). The minimum Gasteiger partial charge on any atom is -0.324 e. The molecule has 0 bridgehead atoms. The standard InChI is InChI=1S/C12H17N3O/c1-2-7-15-11(5-6-14-15)12(16)9-3-4-10(13)8-9/h3-6,9-10H,2,7-8,13H2,1H3. The number of hydrogen-bond donors (Lipinski definition) is 1. The van der Waals surface area contributed by atoms with Crippen LogP contribution >= 0.6 is 0 Å². The van der Waals surface area contributed by atoms with Crippen LogP contribution in [-0.2, 0) is 6.54 Å². The third-order valence-corrected chi connectivity index (χ3v) is 2.86. The maximum absolute atomic E-state index is 12.2. The average Bonchev–Trinajstić information content (AvgIpc) is 2.87. The Labute approximate surface area is 95.1 Å². The van der Waals surface area contributed by atoms with Crippen molar-refractivity contribution < 1.29 is 4.79 Å². The predicted molar refractivity (Wildman–Crippen MR) is 62.1 cm³/mol. The number of nitrogens with two attached hydrogens (primary N) is 1. The highest BCUT2D eigenvalue weighted by atomic mass is 16.1. The van der Waals surface area contributed by atoms with Gasteiger partial charge in [-0.1, -0.05) is 19.1 Å². The molecule has 1 aliphatic carbocycles. The molecule has 0 amide bonds. The first-order valence-electron chi connectivity index (χ1n) is 5.72. The van der Waals surface area contributed by atoms with Crippen LogP contribution in [-0.4, -0.2) is 21.6 Å². The van der Waals surface area contributed by atoms with Crippen molar-refractivity contribution in [3.63, 3.8) is 0 Å². The highest BCUT2D eigenvalue weighted by Gasteiger charge is 2.25. The number of hydrogen-bond acceptors (Lipinski definition) is 3. The number of Topliss-reactive ketones (excluding diaryl/α,β-unsaturated/α-hetero) is 1. The zero-order valence-corrected chi connectivity index (χ0v) is 9.47. The summed E-state index contributed by atoms with van der Waals surface area (Å²) >= 11 is 0. The minimum absolute atomic E-state index is 0.0245. The van der Waals surface area contributed by atoms with Crippen molar-refractivity contribution in [1.29, 1.82) is 0 Å². The second-order valence-corrected chi connectivity index (χ2v) is 4.19. The molecule has 16 heavy (non-hydrogen) atoms. The monoisotopic (exact) mass is 219 g/mol. The molecule has 1 heterocycles. The van der Waals surface area contributed by atoms with Gasteiger partial charge in [-0.05, 0) is 18.9 Å². The molecule has 0 fully saturated rings. The van der Waals surface area contributed by atoms with Crippen LogP contribution in [0.2, 0.25) is 0 Å². The minimum atomic E-state index is -0.0673. The number of allylic oxidation sites excluding steroid dienone is 1. The van der Waals surface area contributed by atoms with Crippen LogP contribution in [0, 0.1) is 5.92 Å². The Bertz CT molecular complexity index is 408. The van der Waals surface area contributed by atoms with E-state index in [2.05, 4.69) is 12.0 Å². The van der Waals surface area contributed by atoms with Crippen LogP contribution in [0.4, 0.5) is 0 Å². The van der Waals surface area contributed by atoms with E-state index in [1.165, 1.54) is 0 Å². The SMILES string of the molecule is CCCn1nccc1C(=O)C1C=CC(N)C1. The summed E-state index contributed by atoms with van der Waals surface area (Å²) in [6, 6.07) is 1.81. The van der Waals surface area contributed by atoms with Gasteiger partial charge in [0.05, 0.1) is 0 Å². The molecule has 2 atom stereocenters. The quantitative estimate of drug-likeness (QED) is 0.614. The maximum atomic E-state index is 12.2. The number of aromatic nitrogens is 2. The molecule has 1 aromatic rings. The van der Waals surface area contributed by atoms with Gasteiger partial charge in [-0.2, -0.15) is 5.10 Å². The predicted octanol–water partition coefficient (Wildman–Crippen LogP) is 1.38. The van der Waals surface area contributed by atoms with E-state index in [4.69, 9.17) is 5.73 Å². The molecule has 2 unspecified atom stereocenters. The molecule has 2 N–H and O–H groups in total. The smallest absolute Gasteiger partial charge is 0.187 e. The van der Waals surface area contributed by atoms with Crippen LogP contribution in [0.25, 0.3) is 0 Å². The molecule has 1 aromatic heterocycles. The van der Waals surface area contributed by atoms with Gasteiger partial charge < -0.3 is 5.73 Å². The van der Waals surface area contributed by atoms with Crippen molar-refractivity contribution >= 4 is 5.78 Å². The summed E-state index contributed by atoms with van der Waals surface area (Å²) in [6.07, 6.45) is 7.19. The van der Waals surface area contributed by atoms with Gasteiger partial charge in [0, 0.05) is 24.7 Å². The lowest BCUT2D eigenvalue weighted by molar-refractivity contribution is 0.0932. The Balaban J connectivity index is 2.14. The van der Waals surface area contributed by atoms with Crippen molar-refractivity contribution in [2.75, 3.05) is 0 Å². The summed E-state index contributed by atoms with van der Waals surface area (Å²) in [5, 5.41) is 4.16. The molecule has 1 aliphatic rings. The molecule has 0 saturated heterocycles. The third kappa shape index (κ3) is 2.07. The van der Waals surface area contributed by atoms with E-state index in [0.29, 0.717) is 5.69 Å². The van der Waals surface area contributed by atoms with Crippen LogP contribution in [0.1, 0.15) is 30.3 Å². The fraction of sp³-hybridized carbons (Fsp3) is 0.500. The first-order chi connectivity index (χ1) is 7.72. The van der Waals surface area contributed by atoms with Crippen molar-refractivity contribution in [1.82, 2.24) is 9.78 Å². The molecule has 0 spiro atoms. The second-order valence-electron chi connectivity index (χ2n) is 4.19. The number of ketones is 1. The van der Waals surface area contributed by atoms with Crippen molar-refractivity contribution in [2.24, 2.45) is 11.7 Å². The summed E-state index contributed by atoms with van der Waals surface area (Å²) in [4.78, 5) is 12.2. The number of aryl methyl sites for hydroxylation is 1. The van der Waals surface area contributed by atoms with Gasteiger partial charge in [-0.3, -0.25) is 9.48 Å². The second kappa shape index (κ2) is 4.61. The summed E-state index contributed by atoms with van der Waals surface area (Å²) < 4.78 is 1.78. The van der Waals surface area contributed by atoms with Gasteiger partial charge in [0.1, 0.15) is 5.69 Å². The van der Waals surface area contributed by atoms with Crippen molar-refractivity contribution in [2.45, 2.75) is 32.4 Å². The molecular formula is C12H17N3O. The zero-order chi connectivity index (χ0) is 11.5. The van der Waals surface area contributed by atoms with E-state index in [1.807, 2.05) is 12.2 Å². The topological polar surface area (TPSA) is 60.9 Å². The fourth-order valence-corrected chi connectivity index (χ4v) is 2.04. The zero-order valence-electron chi connectivity index (χ0n) is 9.47.